The van der Waals surface area contributed by atoms with E-state index in [1.165, 1.54) is 18.4 Å². The summed E-state index contributed by atoms with van der Waals surface area (Å²) in [4.78, 5) is 4.50. The van der Waals surface area contributed by atoms with Gasteiger partial charge < -0.3 is 9.84 Å². The summed E-state index contributed by atoms with van der Waals surface area (Å²) in [5.41, 5.74) is 1.19. The van der Waals surface area contributed by atoms with E-state index in [-0.39, 0.29) is 6.04 Å². The van der Waals surface area contributed by atoms with Crippen LogP contribution in [0.15, 0.2) is 33.3 Å². The van der Waals surface area contributed by atoms with E-state index >= 15 is 0 Å². The van der Waals surface area contributed by atoms with Gasteiger partial charge in [-0.05, 0) is 37.1 Å². The highest BCUT2D eigenvalue weighted by Crippen LogP contribution is 2.21. The third-order valence-electron chi connectivity index (χ3n) is 3.37. The molecule has 1 atom stereocenters. The summed E-state index contributed by atoms with van der Waals surface area (Å²) in [6.45, 7) is 1.04. The minimum Gasteiger partial charge on any atom is -0.338 e. The Morgan fingerprint density at radius 2 is 2.11 bits per heavy atom. The molecule has 0 aliphatic carbocycles. The van der Waals surface area contributed by atoms with E-state index in [0.29, 0.717) is 6.42 Å². The number of hydrogen-bond donors (Lipinski definition) is 1. The van der Waals surface area contributed by atoms with Crippen molar-refractivity contribution in [3.05, 3.63) is 46.0 Å². The molecule has 0 saturated carbocycles. The second kappa shape index (κ2) is 5.84. The molecule has 2 heterocycles. The molecule has 0 amide bonds. The molecule has 0 unspecified atom stereocenters. The lowest BCUT2D eigenvalue weighted by Crippen LogP contribution is -2.27. The molecular formula is C14H16BrN3O. The topological polar surface area (TPSA) is 51.0 Å². The fourth-order valence-electron chi connectivity index (χ4n) is 2.33. The average Bonchev–Trinajstić information content (AvgIpc) is 2.91. The van der Waals surface area contributed by atoms with Crippen molar-refractivity contribution in [3.8, 4) is 0 Å². The summed E-state index contributed by atoms with van der Waals surface area (Å²) in [7, 11) is 0. The molecule has 0 spiro atoms. The predicted octanol–water partition coefficient (Wildman–Crippen LogP) is 3.24. The highest BCUT2D eigenvalue weighted by Gasteiger charge is 2.20. The number of nitrogens with one attached hydrogen (secondary N) is 1. The molecule has 1 aromatic heterocycles. The zero-order chi connectivity index (χ0) is 13.1. The molecule has 1 saturated heterocycles. The predicted molar refractivity (Wildman–Crippen MR) is 75.8 cm³/mol. The van der Waals surface area contributed by atoms with Gasteiger partial charge in [-0.2, -0.15) is 4.98 Å². The molecule has 100 valence electrons. The monoisotopic (exact) mass is 321 g/mol. The van der Waals surface area contributed by atoms with Gasteiger partial charge in [0.2, 0.25) is 5.89 Å². The first-order valence-corrected chi connectivity index (χ1v) is 7.41. The molecule has 1 aromatic carbocycles. The molecule has 1 fully saturated rings. The summed E-state index contributed by atoms with van der Waals surface area (Å²) < 4.78 is 6.45. The highest BCUT2D eigenvalue weighted by atomic mass is 79.9. The Labute approximate surface area is 120 Å². The summed E-state index contributed by atoms with van der Waals surface area (Å²) in [5.74, 6) is 1.48. The van der Waals surface area contributed by atoms with Gasteiger partial charge in [0.25, 0.3) is 0 Å². The van der Waals surface area contributed by atoms with Crippen LogP contribution >= 0.6 is 15.9 Å². The first-order chi connectivity index (χ1) is 9.31. The Hall–Kier alpha value is -1.20. The first kappa shape index (κ1) is 12.8. The van der Waals surface area contributed by atoms with Crippen LogP contribution in [0, 0.1) is 0 Å². The van der Waals surface area contributed by atoms with E-state index in [1.807, 2.05) is 12.1 Å². The van der Waals surface area contributed by atoms with E-state index in [1.54, 1.807) is 0 Å². The summed E-state index contributed by atoms with van der Waals surface area (Å²) >= 11 is 3.43. The fraction of sp³-hybridized carbons (Fsp3) is 0.429. The standard InChI is InChI=1S/C14H16BrN3O/c15-11-6-4-10(5-7-11)9-13-17-14(19-18-13)12-3-1-2-8-16-12/h4-7,12,16H,1-3,8-9H2/t12-/m0/s1. The first-order valence-electron chi connectivity index (χ1n) is 6.61. The van der Waals surface area contributed by atoms with Gasteiger partial charge in [-0.1, -0.05) is 39.6 Å². The molecule has 4 nitrogen and oxygen atoms in total. The number of halogens is 1. The highest BCUT2D eigenvalue weighted by molar-refractivity contribution is 9.10. The van der Waals surface area contributed by atoms with Crippen molar-refractivity contribution < 1.29 is 4.52 Å². The lowest BCUT2D eigenvalue weighted by atomic mass is 10.1. The van der Waals surface area contributed by atoms with Gasteiger partial charge >= 0.3 is 0 Å². The number of benzene rings is 1. The van der Waals surface area contributed by atoms with E-state index in [0.717, 1.165) is 29.2 Å². The van der Waals surface area contributed by atoms with Crippen LogP contribution in [0.5, 0.6) is 0 Å². The second-order valence-electron chi connectivity index (χ2n) is 4.85. The minimum atomic E-state index is 0.236. The average molecular weight is 322 g/mol. The molecule has 1 aliphatic rings. The van der Waals surface area contributed by atoms with Crippen molar-refractivity contribution in [3.63, 3.8) is 0 Å². The van der Waals surface area contributed by atoms with Crippen LogP contribution in [0.2, 0.25) is 0 Å². The summed E-state index contributed by atoms with van der Waals surface area (Å²) in [5, 5.41) is 7.49. The van der Waals surface area contributed by atoms with Crippen molar-refractivity contribution in [2.24, 2.45) is 0 Å². The van der Waals surface area contributed by atoms with E-state index in [4.69, 9.17) is 4.52 Å². The van der Waals surface area contributed by atoms with Crippen LogP contribution in [-0.2, 0) is 6.42 Å². The van der Waals surface area contributed by atoms with Crippen LogP contribution in [-0.4, -0.2) is 16.7 Å². The molecule has 2 aromatic rings. The lowest BCUT2D eigenvalue weighted by molar-refractivity contribution is 0.296. The molecule has 3 rings (SSSR count). The summed E-state index contributed by atoms with van der Waals surface area (Å²) in [6, 6.07) is 8.43. The van der Waals surface area contributed by atoms with Gasteiger partial charge in [-0.3, -0.25) is 0 Å². The zero-order valence-electron chi connectivity index (χ0n) is 10.6. The quantitative estimate of drug-likeness (QED) is 0.942. The van der Waals surface area contributed by atoms with Crippen LogP contribution in [0.1, 0.15) is 42.6 Å². The molecule has 0 radical (unpaired) electrons. The third-order valence-corrected chi connectivity index (χ3v) is 3.90. The molecule has 1 N–H and O–H groups in total. The Balaban J connectivity index is 1.68. The third kappa shape index (κ3) is 3.22. The Bertz CT molecular complexity index is 532. The van der Waals surface area contributed by atoms with Gasteiger partial charge in [-0.25, -0.2) is 0 Å². The maximum absolute atomic E-state index is 5.37. The summed E-state index contributed by atoms with van der Waals surface area (Å²) in [6.07, 6.45) is 4.25. The molecule has 0 bridgehead atoms. The van der Waals surface area contributed by atoms with Gasteiger partial charge in [-0.15, -0.1) is 0 Å². The number of aromatic nitrogens is 2. The molecular weight excluding hydrogens is 306 g/mol. The molecule has 19 heavy (non-hydrogen) atoms. The van der Waals surface area contributed by atoms with Gasteiger partial charge in [0.15, 0.2) is 5.82 Å². The minimum absolute atomic E-state index is 0.236. The van der Waals surface area contributed by atoms with Gasteiger partial charge in [0, 0.05) is 10.9 Å². The molecule has 1 aliphatic heterocycles. The van der Waals surface area contributed by atoms with Crippen molar-refractivity contribution in [2.45, 2.75) is 31.7 Å². The van der Waals surface area contributed by atoms with Gasteiger partial charge in [0.05, 0.1) is 6.04 Å². The van der Waals surface area contributed by atoms with Crippen LogP contribution in [0.25, 0.3) is 0 Å². The van der Waals surface area contributed by atoms with E-state index < -0.39 is 0 Å². The number of hydrogen-bond acceptors (Lipinski definition) is 4. The fourth-order valence-corrected chi connectivity index (χ4v) is 2.59. The Morgan fingerprint density at radius 3 is 2.84 bits per heavy atom. The van der Waals surface area contributed by atoms with Crippen LogP contribution in [0.4, 0.5) is 0 Å². The normalized spacial score (nSPS) is 19.5. The zero-order valence-corrected chi connectivity index (χ0v) is 12.2. The maximum Gasteiger partial charge on any atom is 0.243 e. The largest absolute Gasteiger partial charge is 0.338 e. The molecule has 5 heteroatoms. The maximum atomic E-state index is 5.37. The smallest absolute Gasteiger partial charge is 0.243 e. The van der Waals surface area contributed by atoms with Crippen molar-refractivity contribution in [1.82, 2.24) is 15.5 Å². The van der Waals surface area contributed by atoms with Crippen molar-refractivity contribution >= 4 is 15.9 Å². The number of piperidine rings is 1. The van der Waals surface area contributed by atoms with Crippen molar-refractivity contribution in [1.29, 1.82) is 0 Å². The number of nitrogens with zero attached hydrogens (tertiary/aromatic N) is 2. The van der Waals surface area contributed by atoms with Gasteiger partial charge in [0.1, 0.15) is 0 Å². The lowest BCUT2D eigenvalue weighted by Gasteiger charge is -2.19. The van der Waals surface area contributed by atoms with E-state index in [9.17, 15) is 0 Å². The second-order valence-corrected chi connectivity index (χ2v) is 5.77. The Morgan fingerprint density at radius 1 is 1.26 bits per heavy atom. The van der Waals surface area contributed by atoms with Crippen molar-refractivity contribution in [2.75, 3.05) is 6.54 Å². The van der Waals surface area contributed by atoms with Crippen LogP contribution < -0.4 is 5.32 Å². The SMILES string of the molecule is Brc1ccc(Cc2noc([C@@H]3CCCCN3)n2)cc1. The van der Waals surface area contributed by atoms with E-state index in [2.05, 4.69) is 43.5 Å². The Kier molecular flexibility index (Phi) is 3.94. The number of rotatable bonds is 3. The van der Waals surface area contributed by atoms with Crippen LogP contribution in [0.3, 0.4) is 0 Å².